The zero-order chi connectivity index (χ0) is 13.3. The van der Waals surface area contributed by atoms with E-state index in [2.05, 4.69) is 10.2 Å². The van der Waals surface area contributed by atoms with Crippen molar-refractivity contribution in [2.24, 2.45) is 0 Å². The van der Waals surface area contributed by atoms with Gasteiger partial charge in [-0.1, -0.05) is 0 Å². The Balaban J connectivity index is 2.40. The minimum absolute atomic E-state index is 0.112. The molecule has 0 spiro atoms. The van der Waals surface area contributed by atoms with Crippen molar-refractivity contribution >= 4 is 23.4 Å². The summed E-state index contributed by atoms with van der Waals surface area (Å²) in [4.78, 5) is 11.6. The lowest BCUT2D eigenvalue weighted by molar-refractivity contribution is 0.0693. The van der Waals surface area contributed by atoms with E-state index in [1.807, 2.05) is 0 Å². The molecule has 0 atom stereocenters. The number of benzene rings is 1. The van der Waals surface area contributed by atoms with Crippen LogP contribution in [0.5, 0.6) is 0 Å². The minimum atomic E-state index is -1.05. The molecule has 7 nitrogen and oxygen atoms in total. The lowest BCUT2D eigenvalue weighted by atomic mass is 10.2. The number of carboxylic acids is 1. The van der Waals surface area contributed by atoms with Gasteiger partial charge >= 0.3 is 5.97 Å². The molecule has 94 valence electrons. The maximum Gasteiger partial charge on any atom is 0.336 e. The lowest BCUT2D eigenvalue weighted by Gasteiger charge is -2.06. The van der Waals surface area contributed by atoms with Crippen LogP contribution in [0.1, 0.15) is 16.2 Å². The van der Waals surface area contributed by atoms with Crippen LogP contribution < -0.4 is 11.6 Å². The number of nitrogen functional groups attached to an aromatic ring is 2. The molecule has 8 heteroatoms. The van der Waals surface area contributed by atoms with E-state index in [4.69, 9.17) is 16.7 Å². The number of anilines is 1. The Kier molecular flexibility index (Phi) is 3.11. The summed E-state index contributed by atoms with van der Waals surface area (Å²) in [6.45, 7) is 1.71. The zero-order valence-corrected chi connectivity index (χ0v) is 10.3. The molecule has 2 rings (SSSR count). The molecule has 0 fully saturated rings. The van der Waals surface area contributed by atoms with E-state index in [1.54, 1.807) is 19.1 Å². The number of rotatable bonds is 3. The molecule has 1 heterocycles. The molecule has 0 radical (unpaired) electrons. The second-order valence-electron chi connectivity index (χ2n) is 3.56. The summed E-state index contributed by atoms with van der Waals surface area (Å²) in [5.74, 6) is 5.20. The van der Waals surface area contributed by atoms with Crippen molar-refractivity contribution in [2.45, 2.75) is 17.0 Å². The van der Waals surface area contributed by atoms with Gasteiger partial charge in [-0.15, -0.1) is 10.2 Å². The van der Waals surface area contributed by atoms with E-state index in [9.17, 15) is 4.79 Å². The van der Waals surface area contributed by atoms with Crippen LogP contribution in [0.4, 0.5) is 5.69 Å². The Hall–Kier alpha value is -2.22. The van der Waals surface area contributed by atoms with Gasteiger partial charge in [-0.05, 0) is 36.9 Å². The van der Waals surface area contributed by atoms with Gasteiger partial charge in [-0.3, -0.25) is 0 Å². The summed E-state index contributed by atoms with van der Waals surface area (Å²) in [6, 6.07) is 4.64. The topological polar surface area (TPSA) is 120 Å². The van der Waals surface area contributed by atoms with E-state index in [1.165, 1.54) is 10.7 Å². The highest BCUT2D eigenvalue weighted by Crippen LogP contribution is 2.30. The molecule has 1 aromatic heterocycles. The number of hydrogen-bond donors (Lipinski definition) is 3. The van der Waals surface area contributed by atoms with Crippen LogP contribution in [0.25, 0.3) is 0 Å². The first kappa shape index (κ1) is 12.2. The van der Waals surface area contributed by atoms with Gasteiger partial charge in [0, 0.05) is 10.6 Å². The van der Waals surface area contributed by atoms with Crippen LogP contribution in [0.15, 0.2) is 28.3 Å². The Morgan fingerprint density at radius 3 is 2.72 bits per heavy atom. The normalized spacial score (nSPS) is 10.5. The van der Waals surface area contributed by atoms with E-state index < -0.39 is 5.97 Å². The molecular formula is C10H11N5O2S. The van der Waals surface area contributed by atoms with Gasteiger partial charge < -0.3 is 16.7 Å². The maximum atomic E-state index is 11.1. The molecule has 2 aromatic rings. The van der Waals surface area contributed by atoms with Crippen molar-refractivity contribution in [3.8, 4) is 0 Å². The van der Waals surface area contributed by atoms with Crippen LogP contribution in [0.3, 0.4) is 0 Å². The van der Waals surface area contributed by atoms with Crippen molar-refractivity contribution in [1.82, 2.24) is 14.9 Å². The molecule has 0 bridgehead atoms. The van der Waals surface area contributed by atoms with Crippen molar-refractivity contribution in [2.75, 3.05) is 11.6 Å². The fourth-order valence-electron chi connectivity index (χ4n) is 1.32. The van der Waals surface area contributed by atoms with Crippen LogP contribution >= 0.6 is 11.8 Å². The highest BCUT2D eigenvalue weighted by molar-refractivity contribution is 7.99. The van der Waals surface area contributed by atoms with Crippen LogP contribution in [0.2, 0.25) is 0 Å². The third kappa shape index (κ3) is 2.23. The number of aryl methyl sites for hydroxylation is 1. The number of nitrogens with zero attached hydrogens (tertiary/aromatic N) is 3. The van der Waals surface area contributed by atoms with Crippen LogP contribution in [-0.4, -0.2) is 25.9 Å². The molecule has 0 unspecified atom stereocenters. The van der Waals surface area contributed by atoms with Crippen LogP contribution in [0, 0.1) is 6.92 Å². The molecule has 0 amide bonds. The second-order valence-corrected chi connectivity index (χ2v) is 4.57. The van der Waals surface area contributed by atoms with E-state index in [0.717, 1.165) is 11.8 Å². The smallest absolute Gasteiger partial charge is 0.336 e. The van der Waals surface area contributed by atoms with Gasteiger partial charge in [0.2, 0.25) is 5.16 Å². The standard InChI is InChI=1S/C10H11N5O2S/c1-5-13-14-10(15(5)12)18-8-3-2-6(11)4-7(8)9(16)17/h2-4H,11-12H2,1H3,(H,16,17). The molecular weight excluding hydrogens is 254 g/mol. The highest BCUT2D eigenvalue weighted by Gasteiger charge is 2.15. The first-order chi connectivity index (χ1) is 8.49. The van der Waals surface area contributed by atoms with Crippen LogP contribution in [-0.2, 0) is 0 Å². The quantitative estimate of drug-likeness (QED) is 0.552. The van der Waals surface area contributed by atoms with Crippen molar-refractivity contribution in [1.29, 1.82) is 0 Å². The SMILES string of the molecule is Cc1nnc(Sc2ccc(N)cc2C(=O)O)n1N. The van der Waals surface area contributed by atoms with Gasteiger partial charge in [0.1, 0.15) is 5.82 Å². The Morgan fingerprint density at radius 1 is 1.44 bits per heavy atom. The molecule has 0 saturated carbocycles. The van der Waals surface area contributed by atoms with E-state index in [-0.39, 0.29) is 5.56 Å². The third-order valence-corrected chi connectivity index (χ3v) is 3.31. The maximum absolute atomic E-state index is 11.1. The fourth-order valence-corrected chi connectivity index (χ4v) is 2.22. The van der Waals surface area contributed by atoms with Gasteiger partial charge in [-0.2, -0.15) is 0 Å². The summed E-state index contributed by atoms with van der Waals surface area (Å²) in [5, 5.41) is 17.2. The summed E-state index contributed by atoms with van der Waals surface area (Å²) in [5.41, 5.74) is 6.06. The predicted molar refractivity (Wildman–Crippen MR) is 66.8 cm³/mol. The second kappa shape index (κ2) is 4.57. The van der Waals surface area contributed by atoms with Gasteiger partial charge in [0.05, 0.1) is 5.56 Å². The zero-order valence-electron chi connectivity index (χ0n) is 9.49. The average Bonchev–Trinajstić information content (AvgIpc) is 2.63. The van der Waals surface area contributed by atoms with E-state index in [0.29, 0.717) is 21.6 Å². The summed E-state index contributed by atoms with van der Waals surface area (Å²) >= 11 is 1.13. The molecule has 0 aliphatic rings. The van der Waals surface area contributed by atoms with Gasteiger partial charge in [-0.25, -0.2) is 9.47 Å². The van der Waals surface area contributed by atoms with Gasteiger partial charge in [0.25, 0.3) is 0 Å². The predicted octanol–water partition coefficient (Wildman–Crippen LogP) is 0.732. The van der Waals surface area contributed by atoms with Crippen molar-refractivity contribution < 1.29 is 9.90 Å². The first-order valence-electron chi connectivity index (χ1n) is 4.97. The third-order valence-electron chi connectivity index (χ3n) is 2.27. The summed E-state index contributed by atoms with van der Waals surface area (Å²) < 4.78 is 1.30. The largest absolute Gasteiger partial charge is 0.478 e. The van der Waals surface area contributed by atoms with Gasteiger partial charge in [0.15, 0.2) is 0 Å². The number of aromatic carboxylic acids is 1. The van der Waals surface area contributed by atoms with E-state index >= 15 is 0 Å². The molecule has 0 aliphatic heterocycles. The molecule has 0 saturated heterocycles. The Labute approximate surface area is 107 Å². The number of carboxylic acid groups (broad SMARTS) is 1. The lowest BCUT2D eigenvalue weighted by Crippen LogP contribution is -2.11. The number of hydrogen-bond acceptors (Lipinski definition) is 6. The number of nitrogens with two attached hydrogens (primary N) is 2. The monoisotopic (exact) mass is 265 g/mol. The van der Waals surface area contributed by atoms with Crippen molar-refractivity contribution in [3.63, 3.8) is 0 Å². The first-order valence-corrected chi connectivity index (χ1v) is 5.78. The fraction of sp³-hybridized carbons (Fsp3) is 0.100. The molecule has 0 aliphatic carbocycles. The Morgan fingerprint density at radius 2 is 2.17 bits per heavy atom. The molecule has 5 N–H and O–H groups in total. The summed E-state index contributed by atoms with van der Waals surface area (Å²) in [6.07, 6.45) is 0. The Bertz CT molecular complexity index is 610. The molecule has 1 aromatic carbocycles. The average molecular weight is 265 g/mol. The van der Waals surface area contributed by atoms with Crippen molar-refractivity contribution in [3.05, 3.63) is 29.6 Å². The summed E-state index contributed by atoms with van der Waals surface area (Å²) in [7, 11) is 0. The molecule has 18 heavy (non-hydrogen) atoms. The highest BCUT2D eigenvalue weighted by atomic mass is 32.2. The minimum Gasteiger partial charge on any atom is -0.478 e. The number of aromatic nitrogens is 3. The number of carbonyl (C=O) groups is 1.